The van der Waals surface area contributed by atoms with E-state index in [1.54, 1.807) is 6.92 Å². The summed E-state index contributed by atoms with van der Waals surface area (Å²) in [5, 5.41) is 8.65. The Bertz CT molecular complexity index is 134. The normalized spacial score (nSPS) is 11.4. The smallest absolute Gasteiger partial charge is 0.158 e. The number of rotatable bonds is 1. The fourth-order valence-corrected chi connectivity index (χ4v) is 0.255. The number of Topliss-reactive ketones (excluding diaryl/α,β-unsaturated/α-hetero) is 1. The molecular weight excluding hydrogens is 168 g/mol. The molecule has 0 fully saturated rings. The zero-order chi connectivity index (χ0) is 6.73. The molecule has 0 aromatic rings. The maximum Gasteiger partial charge on any atom is 0.158 e. The van der Waals surface area contributed by atoms with Crippen molar-refractivity contribution in [1.29, 1.82) is 0 Å². The van der Waals surface area contributed by atoms with E-state index < -0.39 is 0 Å². The van der Waals surface area contributed by atoms with E-state index in [0.29, 0.717) is 5.57 Å². The van der Waals surface area contributed by atoms with Crippen molar-refractivity contribution in [2.75, 3.05) is 0 Å². The predicted molar refractivity (Wildman–Crippen MR) is 31.7 cm³/mol. The average Bonchev–Trinajstić information content (AvgIpc) is 1.64. The second-order valence-electron chi connectivity index (χ2n) is 1.77. The number of aliphatic hydroxyl groups is 1. The van der Waals surface area contributed by atoms with Crippen LogP contribution in [0.4, 0.5) is 0 Å². The van der Waals surface area contributed by atoms with Crippen molar-refractivity contribution in [1.82, 2.24) is 0 Å². The van der Waals surface area contributed by atoms with Gasteiger partial charge in [0.2, 0.25) is 0 Å². The van der Waals surface area contributed by atoms with Gasteiger partial charge in [0, 0.05) is 22.6 Å². The van der Waals surface area contributed by atoms with Crippen LogP contribution in [0.5, 0.6) is 0 Å². The summed E-state index contributed by atoms with van der Waals surface area (Å²) in [4.78, 5) is 10.4. The third-order valence-corrected chi connectivity index (χ3v) is 1.07. The molecule has 0 aliphatic heterocycles. The van der Waals surface area contributed by atoms with Gasteiger partial charge in [-0.2, -0.15) is 0 Å². The second-order valence-corrected chi connectivity index (χ2v) is 1.77. The Balaban J connectivity index is 0. The zero-order valence-electron chi connectivity index (χ0n) is 5.66. The molecule has 57 valence electrons. The average molecular weight is 178 g/mol. The summed E-state index contributed by atoms with van der Waals surface area (Å²) in [5.41, 5.74) is 0.435. The molecule has 0 atom stereocenters. The van der Waals surface area contributed by atoms with E-state index in [2.05, 4.69) is 0 Å². The molecular formula is C6H10CuO2. The number of aliphatic hydroxyl groups excluding tert-OH is 1. The summed E-state index contributed by atoms with van der Waals surface area (Å²) in [7, 11) is 0. The fourth-order valence-electron chi connectivity index (χ4n) is 0.255. The monoisotopic (exact) mass is 177 g/mol. The number of carbonyl (C=O) groups is 1. The van der Waals surface area contributed by atoms with E-state index >= 15 is 0 Å². The first-order valence-corrected chi connectivity index (χ1v) is 2.43. The van der Waals surface area contributed by atoms with Crippen molar-refractivity contribution in [2.24, 2.45) is 0 Å². The number of allylic oxidation sites excluding steroid dienone is 2. The summed E-state index contributed by atoms with van der Waals surface area (Å²) < 4.78 is 0. The number of ketones is 1. The largest absolute Gasteiger partial charge is 0.512 e. The molecule has 2 nitrogen and oxygen atoms in total. The van der Waals surface area contributed by atoms with Crippen LogP contribution in [0.15, 0.2) is 11.3 Å². The van der Waals surface area contributed by atoms with Gasteiger partial charge in [-0.1, -0.05) is 0 Å². The van der Waals surface area contributed by atoms with E-state index in [9.17, 15) is 4.79 Å². The molecule has 0 saturated carbocycles. The van der Waals surface area contributed by atoms with Crippen molar-refractivity contribution < 1.29 is 27.0 Å². The van der Waals surface area contributed by atoms with Crippen LogP contribution >= 0.6 is 0 Å². The summed E-state index contributed by atoms with van der Waals surface area (Å²) in [6.07, 6.45) is 0. The molecule has 0 aromatic heterocycles. The first kappa shape index (κ1) is 11.5. The van der Waals surface area contributed by atoms with Crippen LogP contribution in [-0.4, -0.2) is 10.9 Å². The summed E-state index contributed by atoms with van der Waals surface area (Å²) in [6, 6.07) is 0. The quantitative estimate of drug-likeness (QED) is 0.374. The standard InChI is InChI=1S/C6H10O2.Cu/c1-4(5(2)7)6(3)8;/h7H,1-3H3;/b5-4-;. The Hall–Kier alpha value is -0.271. The first-order chi connectivity index (χ1) is 3.55. The summed E-state index contributed by atoms with van der Waals surface area (Å²) >= 11 is 0. The van der Waals surface area contributed by atoms with Gasteiger partial charge in [0.25, 0.3) is 0 Å². The van der Waals surface area contributed by atoms with Crippen molar-refractivity contribution >= 4 is 5.78 Å². The molecule has 0 amide bonds. The maximum absolute atomic E-state index is 10.4. The van der Waals surface area contributed by atoms with Gasteiger partial charge in [-0.15, -0.1) is 0 Å². The predicted octanol–water partition coefficient (Wildman–Crippen LogP) is 1.42. The molecule has 0 aliphatic rings. The molecule has 3 heteroatoms. The van der Waals surface area contributed by atoms with E-state index in [-0.39, 0.29) is 28.6 Å². The summed E-state index contributed by atoms with van der Waals surface area (Å²) in [6.45, 7) is 4.52. The third-order valence-electron chi connectivity index (χ3n) is 1.07. The van der Waals surface area contributed by atoms with Crippen molar-refractivity contribution in [3.63, 3.8) is 0 Å². The van der Waals surface area contributed by atoms with Crippen LogP contribution in [0.2, 0.25) is 0 Å². The molecule has 0 rings (SSSR count). The molecule has 1 N–H and O–H groups in total. The number of hydrogen-bond acceptors (Lipinski definition) is 2. The zero-order valence-corrected chi connectivity index (χ0v) is 6.60. The maximum atomic E-state index is 10.4. The first-order valence-electron chi connectivity index (χ1n) is 2.43. The van der Waals surface area contributed by atoms with Gasteiger partial charge in [0.1, 0.15) is 0 Å². The minimum Gasteiger partial charge on any atom is -0.512 e. The molecule has 9 heavy (non-hydrogen) atoms. The minimum absolute atomic E-state index is 0. The second kappa shape index (κ2) is 4.59. The Morgan fingerprint density at radius 3 is 1.56 bits per heavy atom. The number of carbonyl (C=O) groups excluding carboxylic acids is 1. The van der Waals surface area contributed by atoms with Crippen LogP contribution in [0.3, 0.4) is 0 Å². The molecule has 0 aliphatic carbocycles. The van der Waals surface area contributed by atoms with Crippen molar-refractivity contribution in [3.8, 4) is 0 Å². The SMILES string of the molecule is CC(=O)/C(C)=C(/C)O.[Cu]. The molecule has 0 saturated heterocycles. The summed E-state index contributed by atoms with van der Waals surface area (Å²) in [5.74, 6) is 0.0301. The van der Waals surface area contributed by atoms with Gasteiger partial charge in [-0.25, -0.2) is 0 Å². The van der Waals surface area contributed by atoms with Crippen molar-refractivity contribution in [3.05, 3.63) is 11.3 Å². The Labute approximate surface area is 65.4 Å². The van der Waals surface area contributed by atoms with E-state index in [1.807, 2.05) is 0 Å². The van der Waals surface area contributed by atoms with Gasteiger partial charge >= 0.3 is 0 Å². The topological polar surface area (TPSA) is 37.3 Å². The van der Waals surface area contributed by atoms with E-state index in [1.165, 1.54) is 13.8 Å². The number of hydrogen-bond donors (Lipinski definition) is 1. The van der Waals surface area contributed by atoms with Crippen LogP contribution < -0.4 is 0 Å². The third kappa shape index (κ3) is 4.25. The van der Waals surface area contributed by atoms with Crippen LogP contribution in [-0.2, 0) is 21.9 Å². The molecule has 0 unspecified atom stereocenters. The van der Waals surface area contributed by atoms with Crippen LogP contribution in [0, 0.1) is 0 Å². The minimum atomic E-state index is -0.0787. The van der Waals surface area contributed by atoms with E-state index in [0.717, 1.165) is 0 Å². The molecule has 0 heterocycles. The molecule has 0 spiro atoms. The fraction of sp³-hybridized carbons (Fsp3) is 0.500. The molecule has 0 bridgehead atoms. The van der Waals surface area contributed by atoms with Crippen molar-refractivity contribution in [2.45, 2.75) is 20.8 Å². The van der Waals surface area contributed by atoms with Gasteiger partial charge in [0.05, 0.1) is 5.76 Å². The Morgan fingerprint density at radius 1 is 1.22 bits per heavy atom. The van der Waals surface area contributed by atoms with Gasteiger partial charge < -0.3 is 5.11 Å². The molecule has 1 radical (unpaired) electrons. The van der Waals surface area contributed by atoms with Gasteiger partial charge in [0.15, 0.2) is 5.78 Å². The van der Waals surface area contributed by atoms with Gasteiger partial charge in [-0.3, -0.25) is 4.79 Å². The van der Waals surface area contributed by atoms with Crippen LogP contribution in [0.1, 0.15) is 20.8 Å². The molecule has 0 aromatic carbocycles. The van der Waals surface area contributed by atoms with Gasteiger partial charge in [-0.05, 0) is 20.8 Å². The van der Waals surface area contributed by atoms with Crippen LogP contribution in [0.25, 0.3) is 0 Å². The Kier molecular flexibility index (Phi) is 5.88. The Morgan fingerprint density at radius 2 is 1.56 bits per heavy atom. The van der Waals surface area contributed by atoms with E-state index in [4.69, 9.17) is 5.11 Å².